The number of carbonyl (C=O) groups excluding carboxylic acids is 3. The zero-order chi connectivity index (χ0) is 43.7. The molecule has 0 aromatic rings. The summed E-state index contributed by atoms with van der Waals surface area (Å²) in [6, 6.07) is 0. The minimum atomic E-state index is -0.786. The molecule has 6 nitrogen and oxygen atoms in total. The Kier molecular flexibility index (Phi) is 46.4. The van der Waals surface area contributed by atoms with E-state index in [0.29, 0.717) is 19.3 Å². The van der Waals surface area contributed by atoms with Crippen molar-refractivity contribution in [1.82, 2.24) is 0 Å². The van der Waals surface area contributed by atoms with E-state index in [-0.39, 0.29) is 31.1 Å². The molecule has 346 valence electrons. The fraction of sp³-hybridized carbons (Fsp3) is 0.759. The lowest BCUT2D eigenvalue weighted by Crippen LogP contribution is -2.30. The highest BCUT2D eigenvalue weighted by molar-refractivity contribution is 5.71. The van der Waals surface area contributed by atoms with Gasteiger partial charge in [-0.3, -0.25) is 14.4 Å². The third-order valence-corrected chi connectivity index (χ3v) is 10.7. The Hall–Kier alpha value is -2.89. The van der Waals surface area contributed by atoms with E-state index in [1.807, 2.05) is 0 Å². The number of allylic oxidation sites excluding steroid dienone is 10. The predicted molar refractivity (Wildman–Crippen MR) is 256 cm³/mol. The lowest BCUT2D eigenvalue weighted by molar-refractivity contribution is -0.167. The third kappa shape index (κ3) is 46.2. The van der Waals surface area contributed by atoms with Crippen molar-refractivity contribution in [3.05, 3.63) is 60.8 Å². The van der Waals surface area contributed by atoms with Crippen molar-refractivity contribution in [3.63, 3.8) is 0 Å². The Labute approximate surface area is 370 Å². The second-order valence-electron chi connectivity index (χ2n) is 16.7. The fourth-order valence-corrected chi connectivity index (χ4v) is 6.98. The highest BCUT2D eigenvalue weighted by atomic mass is 16.6. The molecule has 0 amide bonds. The highest BCUT2D eigenvalue weighted by Crippen LogP contribution is 2.14. The molecule has 6 heteroatoms. The van der Waals surface area contributed by atoms with E-state index < -0.39 is 6.10 Å². The van der Waals surface area contributed by atoms with E-state index in [9.17, 15) is 14.4 Å². The van der Waals surface area contributed by atoms with Crippen LogP contribution in [-0.2, 0) is 28.6 Å². The lowest BCUT2D eigenvalue weighted by Gasteiger charge is -2.18. The van der Waals surface area contributed by atoms with Gasteiger partial charge in [-0.05, 0) is 96.3 Å². The number of rotatable bonds is 45. The first-order valence-corrected chi connectivity index (χ1v) is 25.3. The van der Waals surface area contributed by atoms with Gasteiger partial charge >= 0.3 is 17.9 Å². The Morgan fingerprint density at radius 2 is 0.650 bits per heavy atom. The molecule has 0 aliphatic heterocycles. The molecule has 0 heterocycles. The molecular formula is C54H94O6. The molecule has 0 radical (unpaired) electrons. The summed E-state index contributed by atoms with van der Waals surface area (Å²) in [6.07, 6.45) is 59.2. The van der Waals surface area contributed by atoms with Gasteiger partial charge in [-0.1, -0.05) is 191 Å². The molecule has 1 unspecified atom stereocenters. The molecule has 0 aromatic carbocycles. The summed E-state index contributed by atoms with van der Waals surface area (Å²) >= 11 is 0. The summed E-state index contributed by atoms with van der Waals surface area (Å²) in [4.78, 5) is 37.9. The van der Waals surface area contributed by atoms with Gasteiger partial charge in [-0.2, -0.15) is 0 Å². The Morgan fingerprint density at radius 3 is 1.03 bits per heavy atom. The van der Waals surface area contributed by atoms with Gasteiger partial charge in [-0.15, -0.1) is 0 Å². The Morgan fingerprint density at radius 1 is 0.350 bits per heavy atom. The number of carbonyl (C=O) groups is 3. The first kappa shape index (κ1) is 57.1. The number of unbranched alkanes of at least 4 members (excludes halogenated alkanes) is 24. The molecule has 0 aliphatic rings. The van der Waals surface area contributed by atoms with Gasteiger partial charge in [0.05, 0.1) is 0 Å². The molecule has 0 N–H and O–H groups in total. The number of esters is 3. The predicted octanol–water partition coefficient (Wildman–Crippen LogP) is 16.5. The van der Waals surface area contributed by atoms with E-state index in [1.54, 1.807) is 0 Å². The quantitative estimate of drug-likeness (QED) is 0.0263. The smallest absolute Gasteiger partial charge is 0.306 e. The highest BCUT2D eigenvalue weighted by Gasteiger charge is 2.19. The number of hydrogen-bond acceptors (Lipinski definition) is 6. The normalized spacial score (nSPS) is 12.5. The Bertz CT molecular complexity index is 1100. The van der Waals surface area contributed by atoms with Crippen LogP contribution in [0.1, 0.15) is 245 Å². The maximum Gasteiger partial charge on any atom is 0.306 e. The monoisotopic (exact) mass is 839 g/mol. The van der Waals surface area contributed by atoms with Gasteiger partial charge in [0, 0.05) is 19.3 Å². The second kappa shape index (κ2) is 48.8. The maximum atomic E-state index is 12.8. The van der Waals surface area contributed by atoms with Crippen LogP contribution in [0.15, 0.2) is 60.8 Å². The van der Waals surface area contributed by atoms with Crippen LogP contribution in [0.5, 0.6) is 0 Å². The molecule has 0 saturated heterocycles. The first-order chi connectivity index (χ1) is 29.5. The molecule has 0 fully saturated rings. The summed E-state index contributed by atoms with van der Waals surface area (Å²) < 4.78 is 16.8. The van der Waals surface area contributed by atoms with E-state index in [1.165, 1.54) is 96.3 Å². The van der Waals surface area contributed by atoms with Crippen LogP contribution in [0.4, 0.5) is 0 Å². The topological polar surface area (TPSA) is 78.9 Å². The standard InChI is InChI=1S/C54H94O6/c1-4-7-10-13-16-19-22-25-28-31-34-37-40-43-46-52(55)58-49-51(60-54(57)48-45-42-39-36-33-30-27-24-21-18-15-12-9-6-3)50-59-53(56)47-44-41-38-35-32-29-26-23-20-17-14-11-8-5-2/h7,9-10,12,16,18-19,21,29,32,51H,4-6,8,11,13-15,17,20,22-28,30-31,33-50H2,1-3H3/b10-7-,12-9-,19-16-,21-18-,32-29-. The molecule has 60 heavy (non-hydrogen) atoms. The zero-order valence-corrected chi connectivity index (χ0v) is 39.5. The minimum Gasteiger partial charge on any atom is -0.462 e. The first-order valence-electron chi connectivity index (χ1n) is 25.3. The van der Waals surface area contributed by atoms with E-state index in [2.05, 4.69) is 81.5 Å². The van der Waals surface area contributed by atoms with Gasteiger partial charge in [0.15, 0.2) is 6.10 Å². The summed E-state index contributed by atoms with van der Waals surface area (Å²) in [5, 5.41) is 0. The molecule has 0 bridgehead atoms. The molecule has 0 rings (SSSR count). The van der Waals surface area contributed by atoms with Crippen molar-refractivity contribution in [1.29, 1.82) is 0 Å². The summed E-state index contributed by atoms with van der Waals surface area (Å²) in [5.41, 5.74) is 0. The minimum absolute atomic E-state index is 0.0863. The van der Waals surface area contributed by atoms with Crippen LogP contribution in [0.3, 0.4) is 0 Å². The molecule has 0 aliphatic carbocycles. The fourth-order valence-electron chi connectivity index (χ4n) is 6.98. The van der Waals surface area contributed by atoms with Crippen molar-refractivity contribution >= 4 is 17.9 Å². The zero-order valence-electron chi connectivity index (χ0n) is 39.5. The molecule has 0 spiro atoms. The van der Waals surface area contributed by atoms with Gasteiger partial charge < -0.3 is 14.2 Å². The number of ether oxygens (including phenoxy) is 3. The average Bonchev–Trinajstić information content (AvgIpc) is 3.24. The number of hydrogen-bond donors (Lipinski definition) is 0. The molecular weight excluding hydrogens is 745 g/mol. The van der Waals surface area contributed by atoms with Crippen molar-refractivity contribution in [2.45, 2.75) is 252 Å². The summed E-state index contributed by atoms with van der Waals surface area (Å²) in [5.74, 6) is -0.916. The van der Waals surface area contributed by atoms with Gasteiger partial charge in [0.25, 0.3) is 0 Å². The van der Waals surface area contributed by atoms with Crippen molar-refractivity contribution in [3.8, 4) is 0 Å². The van der Waals surface area contributed by atoms with Gasteiger partial charge in [0.1, 0.15) is 13.2 Å². The SMILES string of the molecule is CC/C=C\C/C=C\CCCCCCCCCC(=O)OCC(COC(=O)CCCCC/C=C\CCCCCCCCC)OC(=O)CCCCCCCCC/C=C\C/C=C\CC. The van der Waals surface area contributed by atoms with Crippen LogP contribution in [0.2, 0.25) is 0 Å². The van der Waals surface area contributed by atoms with Crippen molar-refractivity contribution < 1.29 is 28.6 Å². The van der Waals surface area contributed by atoms with Crippen LogP contribution >= 0.6 is 0 Å². The van der Waals surface area contributed by atoms with E-state index >= 15 is 0 Å². The molecule has 0 aromatic heterocycles. The maximum absolute atomic E-state index is 12.8. The second-order valence-corrected chi connectivity index (χ2v) is 16.7. The summed E-state index contributed by atoms with van der Waals surface area (Å²) in [7, 11) is 0. The third-order valence-electron chi connectivity index (χ3n) is 10.7. The van der Waals surface area contributed by atoms with Gasteiger partial charge in [-0.25, -0.2) is 0 Å². The van der Waals surface area contributed by atoms with Crippen LogP contribution in [0, 0.1) is 0 Å². The largest absolute Gasteiger partial charge is 0.462 e. The van der Waals surface area contributed by atoms with Gasteiger partial charge in [0.2, 0.25) is 0 Å². The van der Waals surface area contributed by atoms with E-state index in [0.717, 1.165) is 109 Å². The van der Waals surface area contributed by atoms with Crippen molar-refractivity contribution in [2.24, 2.45) is 0 Å². The van der Waals surface area contributed by atoms with Crippen LogP contribution in [-0.4, -0.2) is 37.2 Å². The van der Waals surface area contributed by atoms with Crippen LogP contribution < -0.4 is 0 Å². The summed E-state index contributed by atoms with van der Waals surface area (Å²) in [6.45, 7) is 6.40. The lowest BCUT2D eigenvalue weighted by atomic mass is 10.1. The Balaban J connectivity index is 4.41. The molecule has 1 atom stereocenters. The van der Waals surface area contributed by atoms with E-state index in [4.69, 9.17) is 14.2 Å². The van der Waals surface area contributed by atoms with Crippen molar-refractivity contribution in [2.75, 3.05) is 13.2 Å². The average molecular weight is 839 g/mol. The van der Waals surface area contributed by atoms with Crippen LogP contribution in [0.25, 0.3) is 0 Å². The molecule has 0 saturated carbocycles.